The van der Waals surface area contributed by atoms with Crippen LogP contribution < -0.4 is 0 Å². The average Bonchev–Trinajstić information content (AvgIpc) is 2.27. The minimum Gasteiger partial charge on any atom is -0.338 e. The highest BCUT2D eigenvalue weighted by Gasteiger charge is 2.18. The standard InChI is InChI=1S/C12H15NO/c1-2-12(14)13-8-7-10-5-3-4-6-11(10)9-13/h3-6H,2,7-9H2,1H3/i1-1. The quantitative estimate of drug-likeness (QED) is 0.660. The largest absolute Gasteiger partial charge is 0.338 e. The van der Waals surface area contributed by atoms with Crippen molar-refractivity contribution in [1.29, 1.82) is 0 Å². The van der Waals surface area contributed by atoms with E-state index in [-0.39, 0.29) is 5.91 Å². The Kier molecular flexibility index (Phi) is 2.53. The van der Waals surface area contributed by atoms with Gasteiger partial charge in [-0.3, -0.25) is 4.79 Å². The van der Waals surface area contributed by atoms with E-state index in [2.05, 4.69) is 18.2 Å². The summed E-state index contributed by atoms with van der Waals surface area (Å²) in [7, 11) is 0. The first kappa shape index (κ1) is 9.25. The molecule has 0 aliphatic carbocycles. The lowest BCUT2D eigenvalue weighted by Crippen LogP contribution is -2.35. The molecule has 0 unspecified atom stereocenters. The minimum absolute atomic E-state index is 0.263. The van der Waals surface area contributed by atoms with Gasteiger partial charge in [-0.1, -0.05) is 31.2 Å². The molecule has 2 nitrogen and oxygen atoms in total. The molecule has 2 heteroatoms. The Labute approximate surface area is 84.5 Å². The number of nitrogens with zero attached hydrogens (tertiary/aromatic N) is 1. The van der Waals surface area contributed by atoms with Gasteiger partial charge in [0.1, 0.15) is 0 Å². The fourth-order valence-electron chi connectivity index (χ4n) is 1.93. The summed E-state index contributed by atoms with van der Waals surface area (Å²) in [5, 5.41) is 0. The van der Waals surface area contributed by atoms with Crippen LogP contribution >= 0.6 is 0 Å². The van der Waals surface area contributed by atoms with Gasteiger partial charge in [0.2, 0.25) is 5.91 Å². The summed E-state index contributed by atoms with van der Waals surface area (Å²) in [4.78, 5) is 13.4. The Hall–Kier alpha value is -1.31. The van der Waals surface area contributed by atoms with Crippen LogP contribution in [0.2, 0.25) is 0 Å². The van der Waals surface area contributed by atoms with Gasteiger partial charge >= 0.3 is 0 Å². The van der Waals surface area contributed by atoms with Gasteiger partial charge < -0.3 is 4.90 Å². The highest BCUT2D eigenvalue weighted by molar-refractivity contribution is 5.76. The van der Waals surface area contributed by atoms with Gasteiger partial charge in [-0.15, -0.1) is 0 Å². The molecule has 14 heavy (non-hydrogen) atoms. The van der Waals surface area contributed by atoms with Crippen molar-refractivity contribution in [2.45, 2.75) is 26.3 Å². The second kappa shape index (κ2) is 3.82. The predicted octanol–water partition coefficient (Wildman–Crippen LogP) is 1.98. The highest BCUT2D eigenvalue weighted by Crippen LogP contribution is 2.18. The monoisotopic (exact) mass is 188 g/mol. The number of fused-ring (bicyclic) bond motifs is 1. The molecule has 0 spiro atoms. The van der Waals surface area contributed by atoms with Crippen molar-refractivity contribution < 1.29 is 4.79 Å². The van der Waals surface area contributed by atoms with Crippen LogP contribution in [0.3, 0.4) is 0 Å². The molecule has 0 bridgehead atoms. The van der Waals surface area contributed by atoms with E-state index in [0.717, 1.165) is 19.5 Å². The lowest BCUT2D eigenvalue weighted by molar-refractivity contribution is -0.131. The Morgan fingerprint density at radius 3 is 2.79 bits per heavy atom. The molecule has 0 radical (unpaired) electrons. The van der Waals surface area contributed by atoms with Gasteiger partial charge in [-0.05, 0) is 17.5 Å². The van der Waals surface area contributed by atoms with Crippen LogP contribution in [0, 0.1) is 0 Å². The Bertz CT molecular complexity index is 346. The Balaban J connectivity index is 2.17. The molecular formula is C12H15NO. The number of hydrogen-bond acceptors (Lipinski definition) is 1. The lowest BCUT2D eigenvalue weighted by atomic mass is 9.99. The molecule has 1 aliphatic rings. The van der Waals surface area contributed by atoms with Crippen LogP contribution in [0.15, 0.2) is 24.3 Å². The van der Waals surface area contributed by atoms with Crippen LogP contribution in [-0.4, -0.2) is 17.4 Å². The predicted molar refractivity (Wildman–Crippen MR) is 55.9 cm³/mol. The number of rotatable bonds is 1. The van der Waals surface area contributed by atoms with Crippen LogP contribution in [-0.2, 0) is 17.8 Å². The Morgan fingerprint density at radius 1 is 1.36 bits per heavy atom. The number of carbonyl (C=O) groups is 1. The van der Waals surface area contributed by atoms with E-state index in [9.17, 15) is 4.79 Å². The SMILES string of the molecule is [11CH3]CC(=O)N1CCc2ccccc2C1. The van der Waals surface area contributed by atoms with Crippen LogP contribution in [0.25, 0.3) is 0 Å². The van der Waals surface area contributed by atoms with E-state index in [1.54, 1.807) is 0 Å². The molecular weight excluding hydrogens is 173 g/mol. The fraction of sp³-hybridized carbons (Fsp3) is 0.417. The van der Waals surface area contributed by atoms with Crippen LogP contribution in [0.4, 0.5) is 0 Å². The van der Waals surface area contributed by atoms with Gasteiger partial charge in [0, 0.05) is 19.5 Å². The van der Waals surface area contributed by atoms with Crippen molar-refractivity contribution in [3.05, 3.63) is 35.4 Å². The van der Waals surface area contributed by atoms with Crippen molar-refractivity contribution in [1.82, 2.24) is 4.90 Å². The molecule has 0 saturated carbocycles. The second-order valence-corrected chi connectivity index (χ2v) is 3.69. The normalized spacial score (nSPS) is 15.1. The second-order valence-electron chi connectivity index (χ2n) is 3.69. The summed E-state index contributed by atoms with van der Waals surface area (Å²) in [5.74, 6) is 0.263. The van der Waals surface area contributed by atoms with Gasteiger partial charge in [0.05, 0.1) is 0 Å². The third-order valence-corrected chi connectivity index (χ3v) is 2.79. The smallest absolute Gasteiger partial charge is 0.222 e. The first-order valence-electron chi connectivity index (χ1n) is 5.16. The lowest BCUT2D eigenvalue weighted by Gasteiger charge is -2.28. The first-order chi connectivity index (χ1) is 6.81. The van der Waals surface area contributed by atoms with Crippen molar-refractivity contribution in [3.8, 4) is 0 Å². The van der Waals surface area contributed by atoms with Crippen molar-refractivity contribution >= 4 is 5.91 Å². The summed E-state index contributed by atoms with van der Waals surface area (Å²) >= 11 is 0. The third-order valence-electron chi connectivity index (χ3n) is 2.79. The maximum Gasteiger partial charge on any atom is 0.222 e. The zero-order valence-electron chi connectivity index (χ0n) is 8.49. The molecule has 0 saturated heterocycles. The molecule has 1 aromatic carbocycles. The summed E-state index contributed by atoms with van der Waals surface area (Å²) < 4.78 is 0. The maximum atomic E-state index is 11.5. The van der Waals surface area contributed by atoms with E-state index in [1.807, 2.05) is 17.9 Å². The molecule has 74 valence electrons. The molecule has 0 fully saturated rings. The van der Waals surface area contributed by atoms with Crippen molar-refractivity contribution in [3.63, 3.8) is 0 Å². The molecule has 1 amide bonds. The molecule has 0 N–H and O–H groups in total. The summed E-state index contributed by atoms with van der Waals surface area (Å²) in [6.45, 7) is 3.59. The van der Waals surface area contributed by atoms with Crippen molar-refractivity contribution in [2.24, 2.45) is 0 Å². The van der Waals surface area contributed by atoms with E-state index in [0.29, 0.717) is 6.42 Å². The summed E-state index contributed by atoms with van der Waals surface area (Å²) in [5.41, 5.74) is 2.70. The zero-order chi connectivity index (χ0) is 9.97. The van der Waals surface area contributed by atoms with Gasteiger partial charge in [-0.25, -0.2) is 0 Å². The summed E-state index contributed by atoms with van der Waals surface area (Å²) in [6, 6.07) is 8.38. The number of amides is 1. The van der Waals surface area contributed by atoms with Gasteiger partial charge in [0.15, 0.2) is 0 Å². The van der Waals surface area contributed by atoms with Crippen molar-refractivity contribution in [2.75, 3.05) is 6.54 Å². The fourth-order valence-corrected chi connectivity index (χ4v) is 1.93. The van der Waals surface area contributed by atoms with Gasteiger partial charge in [0.25, 0.3) is 0 Å². The van der Waals surface area contributed by atoms with E-state index >= 15 is 0 Å². The Morgan fingerprint density at radius 2 is 2.07 bits per heavy atom. The molecule has 1 aliphatic heterocycles. The number of benzene rings is 1. The molecule has 0 atom stereocenters. The third kappa shape index (κ3) is 1.65. The molecule has 0 aromatic heterocycles. The first-order valence-corrected chi connectivity index (χ1v) is 5.16. The van der Waals surface area contributed by atoms with E-state index in [4.69, 9.17) is 0 Å². The average molecular weight is 188 g/mol. The van der Waals surface area contributed by atoms with Crippen LogP contribution in [0.5, 0.6) is 0 Å². The van der Waals surface area contributed by atoms with E-state index < -0.39 is 0 Å². The molecule has 1 aromatic rings. The highest BCUT2D eigenvalue weighted by atomic mass is 16.2. The zero-order valence-corrected chi connectivity index (χ0v) is 8.49. The minimum atomic E-state index is 0.263. The maximum absolute atomic E-state index is 11.5. The number of carbonyl (C=O) groups excluding carboxylic acids is 1. The molecule has 1 heterocycles. The topological polar surface area (TPSA) is 20.3 Å². The number of hydrogen-bond donors (Lipinski definition) is 0. The van der Waals surface area contributed by atoms with E-state index in [1.165, 1.54) is 11.1 Å². The van der Waals surface area contributed by atoms with Gasteiger partial charge in [-0.2, -0.15) is 0 Å². The van der Waals surface area contributed by atoms with Crippen LogP contribution in [0.1, 0.15) is 24.5 Å². The summed E-state index contributed by atoms with van der Waals surface area (Å²) in [6.07, 6.45) is 1.62. The molecule has 2 rings (SSSR count).